The van der Waals surface area contributed by atoms with E-state index in [1.54, 1.807) is 0 Å². The summed E-state index contributed by atoms with van der Waals surface area (Å²) in [5, 5.41) is 3.05. The predicted octanol–water partition coefficient (Wildman–Crippen LogP) is 1.25. The Morgan fingerprint density at radius 3 is 2.62 bits per heavy atom. The summed E-state index contributed by atoms with van der Waals surface area (Å²) in [5.41, 5.74) is 0.665. The van der Waals surface area contributed by atoms with Gasteiger partial charge >= 0.3 is 5.97 Å². The van der Waals surface area contributed by atoms with Gasteiger partial charge in [0.25, 0.3) is 0 Å². The van der Waals surface area contributed by atoms with Gasteiger partial charge in [-0.25, -0.2) is 0 Å². The Balaban J connectivity index is 2.45. The van der Waals surface area contributed by atoms with E-state index in [9.17, 15) is 4.79 Å². The van der Waals surface area contributed by atoms with Crippen molar-refractivity contribution >= 4 is 5.97 Å². The largest absolute Gasteiger partial charge is 0.459 e. The van der Waals surface area contributed by atoms with Gasteiger partial charge in [0.15, 0.2) is 0 Å². The molecule has 0 aromatic carbocycles. The van der Waals surface area contributed by atoms with Gasteiger partial charge in [-0.05, 0) is 27.2 Å². The molecule has 1 unspecified atom stereocenters. The van der Waals surface area contributed by atoms with Crippen LogP contribution in [0.2, 0.25) is 0 Å². The van der Waals surface area contributed by atoms with Crippen LogP contribution in [0.4, 0.5) is 0 Å². The first-order valence-corrected chi connectivity index (χ1v) is 4.51. The van der Waals surface area contributed by atoms with Crippen LogP contribution in [0, 0.1) is 0 Å². The van der Waals surface area contributed by atoms with Gasteiger partial charge in [-0.3, -0.25) is 4.79 Å². The van der Waals surface area contributed by atoms with Crippen molar-refractivity contribution in [1.29, 1.82) is 0 Å². The van der Waals surface area contributed by atoms with E-state index in [2.05, 4.69) is 11.9 Å². The van der Waals surface area contributed by atoms with Crippen LogP contribution in [-0.2, 0) is 9.53 Å². The number of nitrogens with one attached hydrogen (secondary N) is 1. The van der Waals surface area contributed by atoms with Crippen LogP contribution < -0.4 is 5.32 Å². The van der Waals surface area contributed by atoms with Gasteiger partial charge in [0.2, 0.25) is 0 Å². The van der Waals surface area contributed by atoms with Crippen molar-refractivity contribution in [3.05, 3.63) is 12.2 Å². The van der Waals surface area contributed by atoms with Crippen molar-refractivity contribution in [2.75, 3.05) is 6.54 Å². The van der Waals surface area contributed by atoms with Gasteiger partial charge in [0, 0.05) is 6.54 Å². The summed E-state index contributed by atoms with van der Waals surface area (Å²) >= 11 is 0. The lowest BCUT2D eigenvalue weighted by molar-refractivity contribution is -0.156. The van der Waals surface area contributed by atoms with E-state index in [1.807, 2.05) is 20.8 Å². The zero-order valence-corrected chi connectivity index (χ0v) is 8.52. The van der Waals surface area contributed by atoms with Gasteiger partial charge < -0.3 is 10.1 Å². The average molecular weight is 183 g/mol. The second kappa shape index (κ2) is 3.50. The van der Waals surface area contributed by atoms with Crippen molar-refractivity contribution in [2.24, 2.45) is 0 Å². The van der Waals surface area contributed by atoms with Crippen LogP contribution in [0.3, 0.4) is 0 Å². The molecule has 1 fully saturated rings. The lowest BCUT2D eigenvalue weighted by Gasteiger charge is -2.21. The Labute approximate surface area is 79.2 Å². The van der Waals surface area contributed by atoms with E-state index >= 15 is 0 Å². The Bertz CT molecular complexity index is 228. The first kappa shape index (κ1) is 10.3. The fraction of sp³-hybridized carbons (Fsp3) is 0.700. The summed E-state index contributed by atoms with van der Waals surface area (Å²) < 4.78 is 5.23. The minimum absolute atomic E-state index is 0.175. The highest BCUT2D eigenvalue weighted by Crippen LogP contribution is 2.15. The van der Waals surface area contributed by atoms with Crippen LogP contribution in [0.25, 0.3) is 0 Å². The third-order valence-corrected chi connectivity index (χ3v) is 1.78. The molecular formula is C10H17NO2. The van der Waals surface area contributed by atoms with E-state index in [0.717, 1.165) is 12.1 Å². The smallest absolute Gasteiger partial charge is 0.323 e. The lowest BCUT2D eigenvalue weighted by Crippen LogP contribution is -2.37. The number of carbonyl (C=O) groups excluding carboxylic acids is 1. The molecule has 3 nitrogen and oxygen atoms in total. The number of carbonyl (C=O) groups is 1. The quantitative estimate of drug-likeness (QED) is 0.491. The summed E-state index contributed by atoms with van der Waals surface area (Å²) in [6.45, 7) is 10.1. The molecule has 0 saturated carbocycles. The molecule has 13 heavy (non-hydrogen) atoms. The van der Waals surface area contributed by atoms with Crippen molar-refractivity contribution in [3.63, 3.8) is 0 Å². The third-order valence-electron chi connectivity index (χ3n) is 1.78. The maximum Gasteiger partial charge on any atom is 0.323 e. The highest BCUT2D eigenvalue weighted by molar-refractivity contribution is 5.77. The normalized spacial score (nSPS) is 23.3. The second-order valence-electron chi connectivity index (χ2n) is 4.42. The molecule has 74 valence electrons. The summed E-state index contributed by atoms with van der Waals surface area (Å²) in [6.07, 6.45) is 0.703. The molecule has 3 heteroatoms. The van der Waals surface area contributed by atoms with Crippen molar-refractivity contribution < 1.29 is 9.53 Å². The molecule has 0 aromatic rings. The summed E-state index contributed by atoms with van der Waals surface area (Å²) in [7, 11) is 0. The fourth-order valence-electron chi connectivity index (χ4n) is 1.24. The summed E-state index contributed by atoms with van der Waals surface area (Å²) in [5.74, 6) is -0.175. The van der Waals surface area contributed by atoms with Crippen molar-refractivity contribution in [1.82, 2.24) is 5.32 Å². The van der Waals surface area contributed by atoms with E-state index in [1.165, 1.54) is 0 Å². The summed E-state index contributed by atoms with van der Waals surface area (Å²) in [6, 6.07) is -0.188. The van der Waals surface area contributed by atoms with Gasteiger partial charge in [0.1, 0.15) is 11.6 Å². The molecule has 0 radical (unpaired) electrons. The molecule has 0 amide bonds. The average Bonchev–Trinajstić information content (AvgIpc) is 2.31. The van der Waals surface area contributed by atoms with Crippen LogP contribution in [0.1, 0.15) is 27.2 Å². The van der Waals surface area contributed by atoms with Crippen LogP contribution in [-0.4, -0.2) is 24.2 Å². The Morgan fingerprint density at radius 1 is 1.62 bits per heavy atom. The van der Waals surface area contributed by atoms with Crippen LogP contribution in [0.15, 0.2) is 12.2 Å². The van der Waals surface area contributed by atoms with Gasteiger partial charge in [-0.15, -0.1) is 0 Å². The Kier molecular flexibility index (Phi) is 2.76. The van der Waals surface area contributed by atoms with Crippen molar-refractivity contribution in [3.8, 4) is 0 Å². The van der Waals surface area contributed by atoms with E-state index in [4.69, 9.17) is 4.74 Å². The van der Waals surface area contributed by atoms with Gasteiger partial charge in [-0.1, -0.05) is 12.2 Å². The number of rotatable bonds is 1. The lowest BCUT2D eigenvalue weighted by atomic mass is 10.1. The standard InChI is InChI=1S/C10H17NO2/c1-7-5-8(11-6-7)9(12)13-10(2,3)4/h8,11H,1,5-6H2,2-4H3. The van der Waals surface area contributed by atoms with Crippen LogP contribution in [0.5, 0.6) is 0 Å². The Hall–Kier alpha value is -0.830. The van der Waals surface area contributed by atoms with Gasteiger partial charge in [0.05, 0.1) is 0 Å². The van der Waals surface area contributed by atoms with E-state index in [-0.39, 0.29) is 12.0 Å². The molecule has 0 bridgehead atoms. The molecule has 1 heterocycles. The van der Waals surface area contributed by atoms with Crippen molar-refractivity contribution in [2.45, 2.75) is 38.8 Å². The fourth-order valence-corrected chi connectivity index (χ4v) is 1.24. The minimum atomic E-state index is -0.400. The molecule has 0 aliphatic carbocycles. The minimum Gasteiger partial charge on any atom is -0.459 e. The zero-order chi connectivity index (χ0) is 10.1. The molecule has 1 aliphatic heterocycles. The maximum atomic E-state index is 11.5. The first-order chi connectivity index (χ1) is 5.88. The number of hydrogen-bond donors (Lipinski definition) is 1. The predicted molar refractivity (Wildman–Crippen MR) is 51.4 cm³/mol. The number of esters is 1. The molecule has 0 spiro atoms. The monoisotopic (exact) mass is 183 g/mol. The highest BCUT2D eigenvalue weighted by Gasteiger charge is 2.28. The van der Waals surface area contributed by atoms with Crippen LogP contribution >= 0.6 is 0 Å². The molecular weight excluding hydrogens is 166 g/mol. The summed E-state index contributed by atoms with van der Waals surface area (Å²) in [4.78, 5) is 11.5. The first-order valence-electron chi connectivity index (χ1n) is 4.51. The van der Waals surface area contributed by atoms with E-state index < -0.39 is 5.60 Å². The topological polar surface area (TPSA) is 38.3 Å². The molecule has 1 atom stereocenters. The van der Waals surface area contributed by atoms with Gasteiger partial charge in [-0.2, -0.15) is 0 Å². The maximum absolute atomic E-state index is 11.5. The zero-order valence-electron chi connectivity index (χ0n) is 8.52. The Morgan fingerprint density at radius 2 is 2.23 bits per heavy atom. The molecule has 0 aromatic heterocycles. The molecule has 1 N–H and O–H groups in total. The molecule has 1 saturated heterocycles. The van der Waals surface area contributed by atoms with E-state index in [0.29, 0.717) is 6.42 Å². The molecule has 1 rings (SSSR count). The second-order valence-corrected chi connectivity index (χ2v) is 4.42. The number of ether oxygens (including phenoxy) is 1. The SMILES string of the molecule is C=C1CNC(C(=O)OC(C)(C)C)C1. The highest BCUT2D eigenvalue weighted by atomic mass is 16.6. The molecule has 1 aliphatic rings. The number of hydrogen-bond acceptors (Lipinski definition) is 3. The third kappa shape index (κ3) is 3.19.